The molecule has 1 heterocycles. The highest BCUT2D eigenvalue weighted by Gasteiger charge is 2.25. The van der Waals surface area contributed by atoms with Crippen molar-refractivity contribution in [3.05, 3.63) is 64.5 Å². The van der Waals surface area contributed by atoms with E-state index in [1.54, 1.807) is 0 Å². The van der Waals surface area contributed by atoms with Crippen LogP contribution in [0.3, 0.4) is 0 Å². The van der Waals surface area contributed by atoms with Crippen LogP contribution in [-0.2, 0) is 24.1 Å². The fourth-order valence-corrected chi connectivity index (χ4v) is 4.03. The first kappa shape index (κ1) is 22.3. The van der Waals surface area contributed by atoms with Gasteiger partial charge in [0.05, 0.1) is 12.1 Å². The average Bonchev–Trinajstić information content (AvgIpc) is 2.70. The molecule has 0 spiro atoms. The third-order valence-electron chi connectivity index (χ3n) is 5.55. The molecule has 0 unspecified atom stereocenters. The number of aryl methyl sites for hydroxylation is 2. The smallest absolute Gasteiger partial charge is 0.217 e. The summed E-state index contributed by atoms with van der Waals surface area (Å²) in [7, 11) is 0. The molecule has 5 nitrogen and oxygen atoms in total. The number of carbonyl (C=O) groups is 1. The number of aromatic nitrogens is 1. The number of hydrogen-bond acceptors (Lipinski definition) is 4. The Balaban J connectivity index is 1.69. The first-order valence-electron chi connectivity index (χ1n) is 10.5. The van der Waals surface area contributed by atoms with Gasteiger partial charge >= 0.3 is 0 Å². The minimum atomic E-state index is -0.923. The number of hydrogen-bond donors (Lipinski definition) is 3. The Kier molecular flexibility index (Phi) is 7.50. The second-order valence-corrected chi connectivity index (χ2v) is 7.94. The molecule has 0 radical (unpaired) electrons. The highest BCUT2D eigenvalue weighted by molar-refractivity contribution is 5.73. The summed E-state index contributed by atoms with van der Waals surface area (Å²) in [5, 5.41) is 16.9. The predicted octanol–water partition coefficient (Wildman–Crippen LogP) is 3.00. The van der Waals surface area contributed by atoms with E-state index in [2.05, 4.69) is 28.6 Å². The SMILES string of the molecule is CCc1cnc2c(c1)[C@@H](NC[C@H](O)[C@H](Cc1cc(F)cc(F)c1)NC(C)=O)CCC2. The first-order chi connectivity index (χ1) is 14.4. The second-order valence-electron chi connectivity index (χ2n) is 7.94. The third-order valence-corrected chi connectivity index (χ3v) is 5.55. The molecule has 0 aliphatic heterocycles. The largest absolute Gasteiger partial charge is 0.390 e. The van der Waals surface area contributed by atoms with Gasteiger partial charge in [-0.15, -0.1) is 0 Å². The summed E-state index contributed by atoms with van der Waals surface area (Å²) in [6.07, 6.45) is 4.92. The van der Waals surface area contributed by atoms with E-state index >= 15 is 0 Å². The molecule has 1 aromatic heterocycles. The monoisotopic (exact) mass is 417 g/mol. The van der Waals surface area contributed by atoms with Crippen molar-refractivity contribution < 1.29 is 18.7 Å². The van der Waals surface area contributed by atoms with E-state index < -0.39 is 23.8 Å². The first-order valence-corrected chi connectivity index (χ1v) is 10.5. The number of rotatable bonds is 8. The molecule has 3 N–H and O–H groups in total. The van der Waals surface area contributed by atoms with Gasteiger partial charge in [0.25, 0.3) is 0 Å². The maximum atomic E-state index is 13.5. The van der Waals surface area contributed by atoms with Gasteiger partial charge in [-0.2, -0.15) is 0 Å². The van der Waals surface area contributed by atoms with Gasteiger partial charge < -0.3 is 15.7 Å². The zero-order chi connectivity index (χ0) is 21.7. The summed E-state index contributed by atoms with van der Waals surface area (Å²) in [6.45, 7) is 3.68. The summed E-state index contributed by atoms with van der Waals surface area (Å²) >= 11 is 0. The molecule has 0 bridgehead atoms. The fourth-order valence-electron chi connectivity index (χ4n) is 4.03. The fraction of sp³-hybridized carbons (Fsp3) is 0.478. The number of pyridine rings is 1. The van der Waals surface area contributed by atoms with E-state index in [-0.39, 0.29) is 24.9 Å². The van der Waals surface area contributed by atoms with Gasteiger partial charge in [-0.05, 0) is 60.9 Å². The number of halogens is 2. The number of fused-ring (bicyclic) bond motifs is 1. The number of aliphatic hydroxyl groups is 1. The van der Waals surface area contributed by atoms with E-state index in [0.717, 1.165) is 43.0 Å². The van der Waals surface area contributed by atoms with Crippen LogP contribution in [0.5, 0.6) is 0 Å². The number of nitrogens with one attached hydrogen (secondary N) is 2. The van der Waals surface area contributed by atoms with Gasteiger partial charge in [0.2, 0.25) is 5.91 Å². The molecule has 1 amide bonds. The van der Waals surface area contributed by atoms with Crippen LogP contribution in [0.4, 0.5) is 8.78 Å². The van der Waals surface area contributed by atoms with Crippen molar-refractivity contribution in [3.63, 3.8) is 0 Å². The van der Waals surface area contributed by atoms with E-state index in [1.807, 2.05) is 6.20 Å². The summed E-state index contributed by atoms with van der Waals surface area (Å²) < 4.78 is 27.1. The number of benzene rings is 1. The average molecular weight is 418 g/mol. The van der Waals surface area contributed by atoms with E-state index in [4.69, 9.17) is 0 Å². The highest BCUT2D eigenvalue weighted by Crippen LogP contribution is 2.29. The number of amides is 1. The van der Waals surface area contributed by atoms with Crippen LogP contribution in [0.1, 0.15) is 55.1 Å². The third kappa shape index (κ3) is 5.83. The molecule has 3 atom stereocenters. The van der Waals surface area contributed by atoms with Crippen molar-refractivity contribution >= 4 is 5.91 Å². The Morgan fingerprint density at radius 3 is 2.63 bits per heavy atom. The van der Waals surface area contributed by atoms with Crippen LogP contribution in [0.25, 0.3) is 0 Å². The maximum Gasteiger partial charge on any atom is 0.217 e. The minimum Gasteiger partial charge on any atom is -0.390 e. The zero-order valence-corrected chi connectivity index (χ0v) is 17.4. The van der Waals surface area contributed by atoms with Crippen LogP contribution in [0.2, 0.25) is 0 Å². The zero-order valence-electron chi connectivity index (χ0n) is 17.4. The number of nitrogens with zero attached hydrogens (tertiary/aromatic N) is 1. The standard InChI is InChI=1S/C23H29F2N3O2/c1-3-15-9-19-20(26-12-15)5-4-6-21(19)27-13-23(30)22(28-14(2)29)10-16-7-17(24)11-18(25)8-16/h7-9,11-12,21-23,27,30H,3-6,10,13H2,1-2H3,(H,28,29)/t21-,22-,23-/m0/s1. The Bertz CT molecular complexity index is 870. The van der Waals surface area contributed by atoms with Crippen molar-refractivity contribution in [1.29, 1.82) is 0 Å². The summed E-state index contributed by atoms with van der Waals surface area (Å²) in [4.78, 5) is 16.2. The van der Waals surface area contributed by atoms with Gasteiger partial charge in [0, 0.05) is 37.5 Å². The van der Waals surface area contributed by atoms with Gasteiger partial charge in [-0.25, -0.2) is 8.78 Å². The highest BCUT2D eigenvalue weighted by atomic mass is 19.1. The van der Waals surface area contributed by atoms with Gasteiger partial charge in [-0.3, -0.25) is 9.78 Å². The molecule has 1 aromatic carbocycles. The quantitative estimate of drug-likeness (QED) is 0.617. The minimum absolute atomic E-state index is 0.0759. The molecule has 0 fully saturated rings. The van der Waals surface area contributed by atoms with Crippen molar-refractivity contribution in [1.82, 2.24) is 15.6 Å². The van der Waals surface area contributed by atoms with Crippen LogP contribution in [-0.4, -0.2) is 34.7 Å². The van der Waals surface area contributed by atoms with Crippen molar-refractivity contribution in [2.45, 2.75) is 64.1 Å². The topological polar surface area (TPSA) is 74.2 Å². The Labute approximate surface area is 175 Å². The molecule has 7 heteroatoms. The van der Waals surface area contributed by atoms with Crippen LogP contribution < -0.4 is 10.6 Å². The molecule has 1 aliphatic rings. The Morgan fingerprint density at radius 1 is 1.23 bits per heavy atom. The summed E-state index contributed by atoms with van der Waals surface area (Å²) in [6, 6.07) is 4.81. The Morgan fingerprint density at radius 2 is 1.97 bits per heavy atom. The second kappa shape index (κ2) is 10.1. The summed E-state index contributed by atoms with van der Waals surface area (Å²) in [5.74, 6) is -1.68. The van der Waals surface area contributed by atoms with Gasteiger partial charge in [0.15, 0.2) is 0 Å². The van der Waals surface area contributed by atoms with E-state index in [1.165, 1.54) is 24.6 Å². The van der Waals surface area contributed by atoms with Gasteiger partial charge in [-0.1, -0.05) is 13.0 Å². The summed E-state index contributed by atoms with van der Waals surface area (Å²) in [5.41, 5.74) is 3.80. The number of aliphatic hydroxyl groups excluding tert-OH is 1. The van der Waals surface area contributed by atoms with E-state index in [0.29, 0.717) is 5.56 Å². The van der Waals surface area contributed by atoms with Crippen LogP contribution in [0.15, 0.2) is 30.5 Å². The lowest BCUT2D eigenvalue weighted by molar-refractivity contribution is -0.120. The maximum absolute atomic E-state index is 13.5. The van der Waals surface area contributed by atoms with Crippen molar-refractivity contribution in [2.75, 3.05) is 6.54 Å². The number of carbonyl (C=O) groups excluding carboxylic acids is 1. The Hall–Kier alpha value is -2.38. The van der Waals surface area contributed by atoms with Crippen LogP contribution >= 0.6 is 0 Å². The molecule has 0 saturated carbocycles. The molecule has 1 aliphatic carbocycles. The van der Waals surface area contributed by atoms with Crippen LogP contribution in [0, 0.1) is 11.6 Å². The lowest BCUT2D eigenvalue weighted by Crippen LogP contribution is -2.48. The molecular weight excluding hydrogens is 388 g/mol. The van der Waals surface area contributed by atoms with Crippen molar-refractivity contribution in [3.8, 4) is 0 Å². The normalized spacial score (nSPS) is 17.8. The predicted molar refractivity (Wildman–Crippen MR) is 111 cm³/mol. The molecule has 0 saturated heterocycles. The lowest BCUT2D eigenvalue weighted by Gasteiger charge is -2.29. The molecule has 2 aromatic rings. The van der Waals surface area contributed by atoms with E-state index in [9.17, 15) is 18.7 Å². The molecule has 30 heavy (non-hydrogen) atoms. The molecule has 3 rings (SSSR count). The molecular formula is C23H29F2N3O2. The van der Waals surface area contributed by atoms with Gasteiger partial charge in [0.1, 0.15) is 11.6 Å². The van der Waals surface area contributed by atoms with Crippen molar-refractivity contribution in [2.24, 2.45) is 0 Å². The molecule has 162 valence electrons. The lowest BCUT2D eigenvalue weighted by atomic mass is 9.89.